The third kappa shape index (κ3) is 4.45. The van der Waals surface area contributed by atoms with Gasteiger partial charge in [-0.3, -0.25) is 14.7 Å². The number of nitrogens with zero attached hydrogens (tertiary/aromatic N) is 3. The average molecular weight is 345 g/mol. The molecule has 1 heterocycles. The molecule has 7 nitrogen and oxygen atoms in total. The molecule has 24 heavy (non-hydrogen) atoms. The van der Waals surface area contributed by atoms with Gasteiger partial charge < -0.3 is 5.32 Å². The second-order valence-electron chi connectivity index (χ2n) is 4.99. The van der Waals surface area contributed by atoms with Crippen molar-refractivity contribution in [3.63, 3.8) is 0 Å². The quantitative estimate of drug-likeness (QED) is 0.617. The summed E-state index contributed by atoms with van der Waals surface area (Å²) in [4.78, 5) is 23.3. The van der Waals surface area contributed by atoms with Crippen molar-refractivity contribution in [3.05, 3.63) is 48.3 Å². The van der Waals surface area contributed by atoms with Crippen LogP contribution in [0, 0.1) is 13.8 Å². The topological polar surface area (TPSA) is 88.9 Å². The van der Waals surface area contributed by atoms with Crippen LogP contribution in [0.5, 0.6) is 0 Å². The first-order chi connectivity index (χ1) is 11.5. The minimum Gasteiger partial charge on any atom is -0.334 e. The largest absolute Gasteiger partial charge is 0.334 e. The number of nitrogens with one attached hydrogen (secondary N) is 2. The molecule has 3 amide bonds. The van der Waals surface area contributed by atoms with Crippen LogP contribution in [-0.4, -0.2) is 39.0 Å². The molecule has 0 atom stereocenters. The van der Waals surface area contributed by atoms with Crippen LogP contribution in [0.15, 0.2) is 42.1 Å². The van der Waals surface area contributed by atoms with Crippen LogP contribution in [-0.2, 0) is 4.79 Å². The van der Waals surface area contributed by atoms with Crippen molar-refractivity contribution >= 4 is 23.7 Å². The van der Waals surface area contributed by atoms with Gasteiger partial charge in [0, 0.05) is 6.54 Å². The van der Waals surface area contributed by atoms with Gasteiger partial charge in [-0.1, -0.05) is 36.0 Å². The summed E-state index contributed by atoms with van der Waals surface area (Å²) < 4.78 is 1.89. The maximum absolute atomic E-state index is 11.8. The van der Waals surface area contributed by atoms with Gasteiger partial charge in [-0.15, -0.1) is 16.8 Å². The zero-order chi connectivity index (χ0) is 17.5. The van der Waals surface area contributed by atoms with E-state index in [2.05, 4.69) is 27.4 Å². The number of rotatable bonds is 6. The number of imide groups is 1. The number of hydrogen-bond donors (Lipinski definition) is 2. The number of benzene rings is 1. The van der Waals surface area contributed by atoms with Crippen molar-refractivity contribution in [2.75, 3.05) is 12.3 Å². The second-order valence-corrected chi connectivity index (χ2v) is 5.93. The zero-order valence-electron chi connectivity index (χ0n) is 13.6. The Kier molecular flexibility index (Phi) is 6.14. The maximum atomic E-state index is 11.8. The van der Waals surface area contributed by atoms with Gasteiger partial charge in [-0.25, -0.2) is 4.79 Å². The Hall–Kier alpha value is -2.61. The van der Waals surface area contributed by atoms with Crippen molar-refractivity contribution < 1.29 is 9.59 Å². The number of thioether (sulfide) groups is 1. The highest BCUT2D eigenvalue weighted by molar-refractivity contribution is 7.99. The SMILES string of the molecule is C=CCNC(=O)NC(=O)CSc1nnc(C)n1-c1ccccc1C. The Morgan fingerprint density at radius 1 is 1.29 bits per heavy atom. The average Bonchev–Trinajstić information content (AvgIpc) is 2.92. The van der Waals surface area contributed by atoms with Crippen molar-refractivity contribution in [2.24, 2.45) is 0 Å². The summed E-state index contributed by atoms with van der Waals surface area (Å²) >= 11 is 1.22. The van der Waals surface area contributed by atoms with Gasteiger partial charge in [-0.2, -0.15) is 0 Å². The molecular weight excluding hydrogens is 326 g/mol. The first-order valence-electron chi connectivity index (χ1n) is 7.32. The molecule has 0 saturated carbocycles. The number of para-hydroxylation sites is 1. The molecule has 0 saturated heterocycles. The Morgan fingerprint density at radius 3 is 2.75 bits per heavy atom. The van der Waals surface area contributed by atoms with E-state index in [1.807, 2.05) is 42.7 Å². The lowest BCUT2D eigenvalue weighted by atomic mass is 10.2. The van der Waals surface area contributed by atoms with Gasteiger partial charge in [0.05, 0.1) is 11.4 Å². The lowest BCUT2D eigenvalue weighted by Gasteiger charge is -2.11. The molecule has 2 aromatic rings. The lowest BCUT2D eigenvalue weighted by molar-refractivity contribution is -0.117. The van der Waals surface area contributed by atoms with Gasteiger partial charge in [0.25, 0.3) is 0 Å². The molecule has 0 unspecified atom stereocenters. The first-order valence-corrected chi connectivity index (χ1v) is 8.31. The third-order valence-electron chi connectivity index (χ3n) is 3.14. The highest BCUT2D eigenvalue weighted by Crippen LogP contribution is 2.23. The van der Waals surface area contributed by atoms with Crippen LogP contribution in [0.2, 0.25) is 0 Å². The van der Waals surface area contributed by atoms with Gasteiger partial charge in [0.15, 0.2) is 5.16 Å². The van der Waals surface area contributed by atoms with Gasteiger partial charge in [-0.05, 0) is 25.5 Å². The van der Waals surface area contributed by atoms with Crippen LogP contribution in [0.4, 0.5) is 4.79 Å². The molecule has 0 aliphatic carbocycles. The molecule has 0 radical (unpaired) electrons. The van der Waals surface area contributed by atoms with Gasteiger partial charge in [0.1, 0.15) is 5.82 Å². The lowest BCUT2D eigenvalue weighted by Crippen LogP contribution is -2.40. The van der Waals surface area contributed by atoms with Crippen LogP contribution >= 0.6 is 11.8 Å². The molecule has 1 aromatic heterocycles. The summed E-state index contributed by atoms with van der Waals surface area (Å²) in [6.45, 7) is 7.64. The molecular formula is C16H19N5O2S. The van der Waals surface area contributed by atoms with E-state index in [0.29, 0.717) is 11.7 Å². The number of urea groups is 1. The molecule has 126 valence electrons. The number of aryl methyl sites for hydroxylation is 2. The maximum Gasteiger partial charge on any atom is 0.321 e. The summed E-state index contributed by atoms with van der Waals surface area (Å²) in [7, 11) is 0. The predicted octanol–water partition coefficient (Wildman–Crippen LogP) is 1.99. The fourth-order valence-electron chi connectivity index (χ4n) is 2.03. The van der Waals surface area contributed by atoms with Gasteiger partial charge in [0.2, 0.25) is 5.91 Å². The summed E-state index contributed by atoms with van der Waals surface area (Å²) in [5.41, 5.74) is 2.04. The first kappa shape index (κ1) is 17.7. The number of carbonyl (C=O) groups is 2. The van der Waals surface area contributed by atoms with Crippen LogP contribution in [0.25, 0.3) is 5.69 Å². The van der Waals surface area contributed by atoms with Crippen LogP contribution < -0.4 is 10.6 Å². The third-order valence-corrected chi connectivity index (χ3v) is 4.07. The standard InChI is InChI=1S/C16H19N5O2S/c1-4-9-17-15(23)18-14(22)10-24-16-20-19-12(3)21(16)13-8-6-5-7-11(13)2/h4-8H,1,9-10H2,2-3H3,(H2,17,18,22,23). The monoisotopic (exact) mass is 345 g/mol. The molecule has 8 heteroatoms. The van der Waals surface area contributed by atoms with Crippen molar-refractivity contribution in [3.8, 4) is 5.69 Å². The summed E-state index contributed by atoms with van der Waals surface area (Å²) in [6.07, 6.45) is 1.53. The van der Waals surface area contributed by atoms with E-state index in [-0.39, 0.29) is 5.75 Å². The Balaban J connectivity index is 2.04. The fraction of sp³-hybridized carbons (Fsp3) is 0.250. The number of aromatic nitrogens is 3. The van der Waals surface area contributed by atoms with Crippen molar-refractivity contribution in [1.29, 1.82) is 0 Å². The molecule has 2 rings (SSSR count). The van der Waals surface area contributed by atoms with E-state index in [4.69, 9.17) is 0 Å². The van der Waals surface area contributed by atoms with E-state index in [1.165, 1.54) is 17.8 Å². The summed E-state index contributed by atoms with van der Waals surface area (Å²) in [6, 6.07) is 7.32. The summed E-state index contributed by atoms with van der Waals surface area (Å²) in [5.74, 6) is 0.389. The summed E-state index contributed by atoms with van der Waals surface area (Å²) in [5, 5.41) is 13.5. The van der Waals surface area contributed by atoms with E-state index >= 15 is 0 Å². The Bertz CT molecular complexity index is 757. The number of carbonyl (C=O) groups excluding carboxylic acids is 2. The van der Waals surface area contributed by atoms with Crippen molar-refractivity contribution in [1.82, 2.24) is 25.4 Å². The van der Waals surface area contributed by atoms with E-state index in [9.17, 15) is 9.59 Å². The normalized spacial score (nSPS) is 10.2. The van der Waals surface area contributed by atoms with E-state index < -0.39 is 11.9 Å². The zero-order valence-corrected chi connectivity index (χ0v) is 14.4. The fourth-order valence-corrected chi connectivity index (χ4v) is 2.82. The Labute approximate surface area is 144 Å². The number of hydrogen-bond acceptors (Lipinski definition) is 5. The molecule has 0 aliphatic heterocycles. The molecule has 0 spiro atoms. The Morgan fingerprint density at radius 2 is 2.04 bits per heavy atom. The minimum absolute atomic E-state index is 0.0610. The second kappa shape index (κ2) is 8.30. The van der Waals surface area contributed by atoms with Crippen LogP contribution in [0.1, 0.15) is 11.4 Å². The predicted molar refractivity (Wildman–Crippen MR) is 93.3 cm³/mol. The van der Waals surface area contributed by atoms with E-state index in [0.717, 1.165) is 17.1 Å². The molecule has 1 aromatic carbocycles. The molecule has 2 N–H and O–H groups in total. The smallest absolute Gasteiger partial charge is 0.321 e. The molecule has 0 fully saturated rings. The minimum atomic E-state index is -0.544. The molecule has 0 aliphatic rings. The van der Waals surface area contributed by atoms with Crippen molar-refractivity contribution in [2.45, 2.75) is 19.0 Å². The molecule has 0 bridgehead atoms. The van der Waals surface area contributed by atoms with Crippen LogP contribution in [0.3, 0.4) is 0 Å². The van der Waals surface area contributed by atoms with E-state index in [1.54, 1.807) is 0 Å². The number of amides is 3. The highest BCUT2D eigenvalue weighted by atomic mass is 32.2. The van der Waals surface area contributed by atoms with Gasteiger partial charge >= 0.3 is 6.03 Å². The highest BCUT2D eigenvalue weighted by Gasteiger charge is 2.15.